The summed E-state index contributed by atoms with van der Waals surface area (Å²) in [7, 11) is 0. The Balaban J connectivity index is 1.75. The highest BCUT2D eigenvalue weighted by atomic mass is 32.2. The molecule has 0 aromatic heterocycles. The van der Waals surface area contributed by atoms with Gasteiger partial charge in [0.2, 0.25) is 0 Å². The Labute approximate surface area is 146 Å². The van der Waals surface area contributed by atoms with E-state index in [4.69, 9.17) is 0 Å². The summed E-state index contributed by atoms with van der Waals surface area (Å²) in [5.41, 5.74) is 1.79. The minimum absolute atomic E-state index is 0.0860. The molecule has 4 rings (SSSR count). The van der Waals surface area contributed by atoms with Crippen molar-refractivity contribution in [3.05, 3.63) is 72.3 Å². The molecule has 3 aromatic carbocycles. The van der Waals surface area contributed by atoms with Crippen LogP contribution in [0.2, 0.25) is 0 Å². The third-order valence-corrected chi connectivity index (χ3v) is 5.72. The molecule has 0 aliphatic carbocycles. The molecule has 1 unspecified atom stereocenters. The second kappa shape index (κ2) is 6.33. The Kier molecular flexibility index (Phi) is 4.03. The van der Waals surface area contributed by atoms with Crippen LogP contribution in [-0.2, 0) is 0 Å². The van der Waals surface area contributed by atoms with Gasteiger partial charge in [-0.25, -0.2) is 0 Å². The molecule has 3 heteroatoms. The van der Waals surface area contributed by atoms with E-state index in [2.05, 4.69) is 31.2 Å². The molecule has 0 radical (unpaired) electrons. The predicted molar refractivity (Wildman–Crippen MR) is 102 cm³/mol. The second-order valence-corrected chi connectivity index (χ2v) is 7.68. The summed E-state index contributed by atoms with van der Waals surface area (Å²) in [4.78, 5) is 16.3. The third-order valence-electron chi connectivity index (χ3n) is 4.49. The van der Waals surface area contributed by atoms with E-state index in [-0.39, 0.29) is 5.91 Å². The molecule has 3 aromatic rings. The molecule has 1 aliphatic rings. The van der Waals surface area contributed by atoms with Gasteiger partial charge in [-0.15, -0.1) is 11.8 Å². The van der Waals surface area contributed by atoms with E-state index in [1.165, 1.54) is 4.90 Å². The molecule has 0 spiro atoms. The number of amides is 1. The average molecular weight is 333 g/mol. The molecule has 1 heterocycles. The number of carbonyl (C=O) groups excluding carboxylic acids is 1. The van der Waals surface area contributed by atoms with Crippen LogP contribution in [0.1, 0.15) is 23.7 Å². The highest BCUT2D eigenvalue weighted by Crippen LogP contribution is 2.37. The number of hydrogen-bond donors (Lipinski definition) is 0. The second-order valence-electron chi connectivity index (χ2n) is 6.20. The zero-order valence-electron chi connectivity index (χ0n) is 13.6. The summed E-state index contributed by atoms with van der Waals surface area (Å²) >= 11 is 1.86. The summed E-state index contributed by atoms with van der Waals surface area (Å²) in [6.07, 6.45) is 0.999. The standard InChI is InChI=1S/C21H19NOS/c1-15-12-13-22(19-8-4-5-9-20(19)24-15)21(23)18-11-10-16-6-2-3-7-17(16)14-18/h2-11,14-15H,12-13H2,1H3. The van der Waals surface area contributed by atoms with Crippen molar-refractivity contribution in [3.8, 4) is 0 Å². The van der Waals surface area contributed by atoms with Crippen LogP contribution < -0.4 is 4.90 Å². The molecule has 0 saturated heterocycles. The van der Waals surface area contributed by atoms with Gasteiger partial charge in [-0.1, -0.05) is 49.4 Å². The van der Waals surface area contributed by atoms with Crippen molar-refractivity contribution >= 4 is 34.1 Å². The summed E-state index contributed by atoms with van der Waals surface area (Å²) < 4.78 is 0. The average Bonchev–Trinajstić information content (AvgIpc) is 2.79. The van der Waals surface area contributed by atoms with Crippen molar-refractivity contribution in [3.63, 3.8) is 0 Å². The van der Waals surface area contributed by atoms with Gasteiger partial charge in [-0.05, 0) is 41.5 Å². The zero-order valence-corrected chi connectivity index (χ0v) is 14.4. The third kappa shape index (κ3) is 2.80. The molecule has 1 aliphatic heterocycles. The van der Waals surface area contributed by atoms with Crippen LogP contribution in [0.25, 0.3) is 10.8 Å². The number of para-hydroxylation sites is 1. The Morgan fingerprint density at radius 3 is 2.62 bits per heavy atom. The first-order valence-corrected chi connectivity index (χ1v) is 9.17. The fourth-order valence-corrected chi connectivity index (χ4v) is 4.29. The van der Waals surface area contributed by atoms with E-state index < -0.39 is 0 Å². The predicted octanol–water partition coefficient (Wildman–Crippen LogP) is 5.37. The van der Waals surface area contributed by atoms with Crippen molar-refractivity contribution in [1.29, 1.82) is 0 Å². The number of benzene rings is 3. The van der Waals surface area contributed by atoms with Crippen molar-refractivity contribution in [2.45, 2.75) is 23.5 Å². The Bertz CT molecular complexity index is 905. The van der Waals surface area contributed by atoms with Gasteiger partial charge in [-0.2, -0.15) is 0 Å². The van der Waals surface area contributed by atoms with Gasteiger partial charge >= 0.3 is 0 Å². The van der Waals surface area contributed by atoms with Crippen LogP contribution in [0.4, 0.5) is 5.69 Å². The number of thioether (sulfide) groups is 1. The fourth-order valence-electron chi connectivity index (χ4n) is 3.18. The first kappa shape index (κ1) is 15.3. The first-order valence-electron chi connectivity index (χ1n) is 8.29. The molecule has 120 valence electrons. The van der Waals surface area contributed by atoms with E-state index in [1.807, 2.05) is 59.1 Å². The normalized spacial score (nSPS) is 17.4. The van der Waals surface area contributed by atoms with E-state index >= 15 is 0 Å². The van der Waals surface area contributed by atoms with E-state index in [9.17, 15) is 4.79 Å². The van der Waals surface area contributed by atoms with Gasteiger partial charge in [0.15, 0.2) is 0 Å². The van der Waals surface area contributed by atoms with Crippen LogP contribution in [0, 0.1) is 0 Å². The number of fused-ring (bicyclic) bond motifs is 2. The van der Waals surface area contributed by atoms with Crippen molar-refractivity contribution in [1.82, 2.24) is 0 Å². The lowest BCUT2D eigenvalue weighted by Gasteiger charge is -2.22. The SMILES string of the molecule is CC1CCN(C(=O)c2ccc3ccccc3c2)c2ccccc2S1. The van der Waals surface area contributed by atoms with Crippen LogP contribution in [0.3, 0.4) is 0 Å². The van der Waals surface area contributed by atoms with Crippen LogP contribution in [0.15, 0.2) is 71.6 Å². The van der Waals surface area contributed by atoms with E-state index in [0.717, 1.165) is 35.0 Å². The van der Waals surface area contributed by atoms with Gasteiger partial charge in [0.1, 0.15) is 0 Å². The van der Waals surface area contributed by atoms with E-state index in [1.54, 1.807) is 0 Å². The molecular weight excluding hydrogens is 314 g/mol. The minimum Gasteiger partial charge on any atom is -0.307 e. The quantitative estimate of drug-likeness (QED) is 0.596. The lowest BCUT2D eigenvalue weighted by Crippen LogP contribution is -2.32. The molecule has 24 heavy (non-hydrogen) atoms. The Morgan fingerprint density at radius 2 is 1.75 bits per heavy atom. The maximum atomic E-state index is 13.2. The maximum absolute atomic E-state index is 13.2. The summed E-state index contributed by atoms with van der Waals surface area (Å²) in [6, 6.07) is 22.4. The van der Waals surface area contributed by atoms with Gasteiger partial charge in [0.25, 0.3) is 5.91 Å². The monoisotopic (exact) mass is 333 g/mol. The molecule has 1 amide bonds. The maximum Gasteiger partial charge on any atom is 0.258 e. The highest BCUT2D eigenvalue weighted by Gasteiger charge is 2.24. The summed E-state index contributed by atoms with van der Waals surface area (Å²) in [5, 5.41) is 2.78. The van der Waals surface area contributed by atoms with Gasteiger partial charge in [0.05, 0.1) is 5.69 Å². The lowest BCUT2D eigenvalue weighted by atomic mass is 10.1. The number of nitrogens with zero attached hydrogens (tertiary/aromatic N) is 1. The van der Waals surface area contributed by atoms with Crippen LogP contribution in [0.5, 0.6) is 0 Å². The van der Waals surface area contributed by atoms with Gasteiger partial charge in [0, 0.05) is 22.3 Å². The number of carbonyl (C=O) groups is 1. The van der Waals surface area contributed by atoms with Crippen molar-refractivity contribution in [2.24, 2.45) is 0 Å². The molecular formula is C21H19NOS. The molecule has 0 N–H and O–H groups in total. The van der Waals surface area contributed by atoms with Crippen molar-refractivity contribution in [2.75, 3.05) is 11.4 Å². The number of hydrogen-bond acceptors (Lipinski definition) is 2. The fraction of sp³-hybridized carbons (Fsp3) is 0.190. The minimum atomic E-state index is 0.0860. The van der Waals surface area contributed by atoms with Crippen molar-refractivity contribution < 1.29 is 4.79 Å². The highest BCUT2D eigenvalue weighted by molar-refractivity contribution is 8.00. The van der Waals surface area contributed by atoms with E-state index in [0.29, 0.717) is 5.25 Å². The topological polar surface area (TPSA) is 20.3 Å². The lowest BCUT2D eigenvalue weighted by molar-refractivity contribution is 0.0986. The molecule has 0 fully saturated rings. The summed E-state index contributed by atoms with van der Waals surface area (Å²) in [5.74, 6) is 0.0860. The molecule has 0 saturated carbocycles. The molecule has 2 nitrogen and oxygen atoms in total. The Morgan fingerprint density at radius 1 is 1.00 bits per heavy atom. The van der Waals surface area contributed by atoms with Gasteiger partial charge < -0.3 is 4.90 Å². The Hall–Kier alpha value is -2.26. The number of anilines is 1. The first-order chi connectivity index (χ1) is 11.7. The summed E-state index contributed by atoms with van der Waals surface area (Å²) in [6.45, 7) is 2.99. The van der Waals surface area contributed by atoms with Crippen LogP contribution in [-0.4, -0.2) is 17.7 Å². The number of rotatable bonds is 1. The smallest absolute Gasteiger partial charge is 0.258 e. The molecule has 0 bridgehead atoms. The largest absolute Gasteiger partial charge is 0.307 e. The van der Waals surface area contributed by atoms with Gasteiger partial charge in [-0.3, -0.25) is 4.79 Å². The van der Waals surface area contributed by atoms with Crippen LogP contribution >= 0.6 is 11.8 Å². The zero-order chi connectivity index (χ0) is 16.5. The molecule has 1 atom stereocenters.